The van der Waals surface area contributed by atoms with E-state index in [1.165, 1.54) is 25.7 Å². The maximum Gasteiger partial charge on any atom is 0.231 e. The molecule has 1 saturated carbocycles. The number of likely N-dealkylation sites (tertiary alicyclic amines) is 1. The average molecular weight is 251 g/mol. The molecule has 2 aliphatic rings. The summed E-state index contributed by atoms with van der Waals surface area (Å²) < 4.78 is 5.29. The molecular weight excluding hydrogens is 230 g/mol. The van der Waals surface area contributed by atoms with Crippen molar-refractivity contribution in [1.82, 2.24) is 15.0 Å². The lowest BCUT2D eigenvalue weighted by Crippen LogP contribution is -2.31. The van der Waals surface area contributed by atoms with Gasteiger partial charge in [0.25, 0.3) is 0 Å². The van der Waals surface area contributed by atoms with Gasteiger partial charge in [-0.2, -0.15) is 4.98 Å². The SMILES string of the molecule is Cc1noc([C@@H]2CN(C3CCCC3)C[C@H]2CO)n1. The topological polar surface area (TPSA) is 62.4 Å². The molecule has 5 nitrogen and oxygen atoms in total. The van der Waals surface area contributed by atoms with Gasteiger partial charge >= 0.3 is 0 Å². The zero-order valence-corrected chi connectivity index (χ0v) is 10.9. The number of hydrogen-bond donors (Lipinski definition) is 1. The number of aliphatic hydroxyl groups is 1. The molecule has 2 fully saturated rings. The highest BCUT2D eigenvalue weighted by Gasteiger charge is 2.39. The first-order chi connectivity index (χ1) is 8.78. The van der Waals surface area contributed by atoms with Gasteiger partial charge in [0.2, 0.25) is 5.89 Å². The van der Waals surface area contributed by atoms with Gasteiger partial charge < -0.3 is 9.63 Å². The van der Waals surface area contributed by atoms with Crippen molar-refractivity contribution in [1.29, 1.82) is 0 Å². The Balaban J connectivity index is 1.73. The molecule has 1 aliphatic carbocycles. The first-order valence-electron chi connectivity index (χ1n) is 6.93. The molecule has 1 N–H and O–H groups in total. The monoisotopic (exact) mass is 251 g/mol. The van der Waals surface area contributed by atoms with E-state index in [1.54, 1.807) is 0 Å². The number of aromatic nitrogens is 2. The van der Waals surface area contributed by atoms with Crippen LogP contribution in [0.25, 0.3) is 0 Å². The lowest BCUT2D eigenvalue weighted by Gasteiger charge is -2.23. The summed E-state index contributed by atoms with van der Waals surface area (Å²) in [5.74, 6) is 1.83. The highest BCUT2D eigenvalue weighted by Crippen LogP contribution is 2.36. The largest absolute Gasteiger partial charge is 0.396 e. The van der Waals surface area contributed by atoms with Crippen LogP contribution in [0.5, 0.6) is 0 Å². The molecule has 0 spiro atoms. The second-order valence-corrected chi connectivity index (χ2v) is 5.62. The fourth-order valence-corrected chi connectivity index (χ4v) is 3.40. The van der Waals surface area contributed by atoms with Gasteiger partial charge in [-0.15, -0.1) is 0 Å². The predicted molar refractivity (Wildman–Crippen MR) is 66.2 cm³/mol. The minimum atomic E-state index is 0.204. The molecule has 2 heterocycles. The van der Waals surface area contributed by atoms with Crippen molar-refractivity contribution in [3.63, 3.8) is 0 Å². The summed E-state index contributed by atoms with van der Waals surface area (Å²) in [6, 6.07) is 0.702. The van der Waals surface area contributed by atoms with Crippen molar-refractivity contribution in [2.45, 2.75) is 44.6 Å². The molecule has 0 aromatic carbocycles. The van der Waals surface area contributed by atoms with E-state index in [-0.39, 0.29) is 18.4 Å². The zero-order chi connectivity index (χ0) is 12.5. The molecule has 1 saturated heterocycles. The Hall–Kier alpha value is -0.940. The van der Waals surface area contributed by atoms with E-state index in [0.717, 1.165) is 13.1 Å². The third kappa shape index (κ3) is 2.17. The molecule has 100 valence electrons. The van der Waals surface area contributed by atoms with E-state index < -0.39 is 0 Å². The Morgan fingerprint density at radius 1 is 1.33 bits per heavy atom. The minimum Gasteiger partial charge on any atom is -0.396 e. The number of aliphatic hydroxyl groups excluding tert-OH is 1. The summed E-state index contributed by atoms with van der Waals surface area (Å²) in [6.45, 7) is 3.96. The molecule has 0 unspecified atom stereocenters. The van der Waals surface area contributed by atoms with Crippen LogP contribution in [0.2, 0.25) is 0 Å². The van der Waals surface area contributed by atoms with Gasteiger partial charge in [0.05, 0.1) is 5.92 Å². The van der Waals surface area contributed by atoms with Crippen molar-refractivity contribution >= 4 is 0 Å². The van der Waals surface area contributed by atoms with Crippen molar-refractivity contribution in [2.24, 2.45) is 5.92 Å². The normalized spacial score (nSPS) is 30.3. The predicted octanol–water partition coefficient (Wildman–Crippen LogP) is 1.33. The standard InChI is InChI=1S/C13H21N3O2/c1-9-14-13(18-15-9)12-7-16(6-10(12)8-17)11-4-2-3-5-11/h10-12,17H,2-8H2,1H3/t10-,12+/m0/s1. The van der Waals surface area contributed by atoms with Gasteiger partial charge in [0, 0.05) is 31.7 Å². The van der Waals surface area contributed by atoms with Crippen molar-refractivity contribution in [3.8, 4) is 0 Å². The number of rotatable bonds is 3. The zero-order valence-electron chi connectivity index (χ0n) is 10.9. The second kappa shape index (κ2) is 4.97. The Bertz CT molecular complexity index is 401. The Labute approximate surface area is 107 Å². The molecule has 5 heteroatoms. The highest BCUT2D eigenvalue weighted by atomic mass is 16.5. The van der Waals surface area contributed by atoms with Gasteiger partial charge in [-0.05, 0) is 19.8 Å². The molecular formula is C13H21N3O2. The van der Waals surface area contributed by atoms with Crippen LogP contribution in [0.4, 0.5) is 0 Å². The van der Waals surface area contributed by atoms with E-state index in [4.69, 9.17) is 4.52 Å². The smallest absolute Gasteiger partial charge is 0.231 e. The summed E-state index contributed by atoms with van der Waals surface area (Å²) in [5, 5.41) is 13.4. The van der Waals surface area contributed by atoms with E-state index in [9.17, 15) is 5.11 Å². The fourth-order valence-electron chi connectivity index (χ4n) is 3.40. The summed E-state index contributed by atoms with van der Waals surface area (Å²) >= 11 is 0. The van der Waals surface area contributed by atoms with E-state index in [1.807, 2.05) is 6.92 Å². The van der Waals surface area contributed by atoms with Gasteiger partial charge in [-0.3, -0.25) is 4.90 Å². The third-order valence-electron chi connectivity index (χ3n) is 4.41. The van der Waals surface area contributed by atoms with Gasteiger partial charge in [0.1, 0.15) is 0 Å². The van der Waals surface area contributed by atoms with Crippen LogP contribution < -0.4 is 0 Å². The van der Waals surface area contributed by atoms with E-state index >= 15 is 0 Å². The van der Waals surface area contributed by atoms with Crippen LogP contribution >= 0.6 is 0 Å². The van der Waals surface area contributed by atoms with E-state index in [0.29, 0.717) is 17.8 Å². The lowest BCUT2D eigenvalue weighted by atomic mass is 9.97. The third-order valence-corrected chi connectivity index (χ3v) is 4.41. The second-order valence-electron chi connectivity index (χ2n) is 5.62. The summed E-state index contributed by atoms with van der Waals surface area (Å²) in [5.41, 5.74) is 0. The van der Waals surface area contributed by atoms with Crippen LogP contribution in [-0.2, 0) is 0 Å². The number of aryl methyl sites for hydroxylation is 1. The summed E-state index contributed by atoms with van der Waals surface area (Å²) in [7, 11) is 0. The number of nitrogens with zero attached hydrogens (tertiary/aromatic N) is 3. The molecule has 18 heavy (non-hydrogen) atoms. The first-order valence-corrected chi connectivity index (χ1v) is 6.93. The van der Waals surface area contributed by atoms with Crippen molar-refractivity contribution < 1.29 is 9.63 Å². The number of hydrogen-bond acceptors (Lipinski definition) is 5. The highest BCUT2D eigenvalue weighted by molar-refractivity contribution is 5.03. The van der Waals surface area contributed by atoms with E-state index in [2.05, 4.69) is 15.0 Å². The van der Waals surface area contributed by atoms with Crippen LogP contribution in [0.1, 0.15) is 43.3 Å². The first kappa shape index (κ1) is 12.1. The molecule has 0 radical (unpaired) electrons. The molecule has 3 rings (SSSR count). The van der Waals surface area contributed by atoms with Gasteiger partial charge in [-0.25, -0.2) is 0 Å². The van der Waals surface area contributed by atoms with Gasteiger partial charge in [-0.1, -0.05) is 18.0 Å². The molecule has 0 bridgehead atoms. The van der Waals surface area contributed by atoms with Crippen LogP contribution in [0.15, 0.2) is 4.52 Å². The average Bonchev–Trinajstić information content (AvgIpc) is 3.07. The minimum absolute atomic E-state index is 0.204. The lowest BCUT2D eigenvalue weighted by molar-refractivity contribution is 0.194. The summed E-state index contributed by atoms with van der Waals surface area (Å²) in [4.78, 5) is 6.85. The van der Waals surface area contributed by atoms with Crippen molar-refractivity contribution in [3.05, 3.63) is 11.7 Å². The van der Waals surface area contributed by atoms with Crippen LogP contribution in [-0.4, -0.2) is 45.9 Å². The molecule has 1 aliphatic heterocycles. The maximum atomic E-state index is 9.55. The van der Waals surface area contributed by atoms with Gasteiger partial charge in [0.15, 0.2) is 5.82 Å². The molecule has 0 amide bonds. The Kier molecular flexibility index (Phi) is 3.35. The van der Waals surface area contributed by atoms with Crippen LogP contribution in [0, 0.1) is 12.8 Å². The Morgan fingerprint density at radius 2 is 2.11 bits per heavy atom. The van der Waals surface area contributed by atoms with Crippen molar-refractivity contribution in [2.75, 3.05) is 19.7 Å². The molecule has 1 aromatic heterocycles. The molecule has 2 atom stereocenters. The summed E-state index contributed by atoms with van der Waals surface area (Å²) in [6.07, 6.45) is 5.28. The van der Waals surface area contributed by atoms with Crippen LogP contribution in [0.3, 0.4) is 0 Å². The Morgan fingerprint density at radius 3 is 2.72 bits per heavy atom. The maximum absolute atomic E-state index is 9.55. The molecule has 1 aromatic rings. The quantitative estimate of drug-likeness (QED) is 0.878. The fraction of sp³-hybridized carbons (Fsp3) is 0.846.